The maximum atomic E-state index is 13.1. The summed E-state index contributed by atoms with van der Waals surface area (Å²) in [6, 6.07) is 4.84. The monoisotopic (exact) mass is 381 g/mol. The molecule has 0 radical (unpaired) electrons. The zero-order valence-electron chi connectivity index (χ0n) is 14.8. The number of hydrogen-bond donors (Lipinski definition) is 4. The second kappa shape index (κ2) is 8.64. The molecule has 3 amide bonds. The maximum absolute atomic E-state index is 13.1. The van der Waals surface area contributed by atoms with E-state index < -0.39 is 36.3 Å². The topological polar surface area (TPSA) is 111 Å². The number of urea groups is 1. The van der Waals surface area contributed by atoms with E-state index in [0.29, 0.717) is 13.1 Å². The Hall–Kier alpha value is -2.23. The highest BCUT2D eigenvalue weighted by atomic mass is 19.1. The molecule has 0 spiro atoms. The van der Waals surface area contributed by atoms with Crippen molar-refractivity contribution in [2.75, 3.05) is 25.0 Å². The van der Waals surface area contributed by atoms with E-state index in [1.165, 1.54) is 24.3 Å². The molecular formula is C18H24FN3O5. The number of aliphatic hydroxyl groups excluding tert-OH is 2. The zero-order chi connectivity index (χ0) is 19.4. The number of rotatable bonds is 5. The van der Waals surface area contributed by atoms with Gasteiger partial charge in [0.05, 0.1) is 12.5 Å². The molecule has 2 aliphatic rings. The Kier molecular flexibility index (Phi) is 6.25. The van der Waals surface area contributed by atoms with Crippen molar-refractivity contribution in [3.05, 3.63) is 30.1 Å². The number of nitrogens with zero attached hydrogens (tertiary/aromatic N) is 1. The summed E-state index contributed by atoms with van der Waals surface area (Å²) in [6.45, 7) is 1.35. The number of nitrogens with one attached hydrogen (secondary N) is 2. The molecule has 1 aromatic rings. The van der Waals surface area contributed by atoms with Gasteiger partial charge >= 0.3 is 6.03 Å². The van der Waals surface area contributed by atoms with Crippen molar-refractivity contribution in [2.45, 2.75) is 43.7 Å². The number of likely N-dealkylation sites (tertiary alicyclic amines) is 1. The highest BCUT2D eigenvalue weighted by Crippen LogP contribution is 2.24. The first-order valence-electron chi connectivity index (χ1n) is 9.04. The van der Waals surface area contributed by atoms with Gasteiger partial charge in [0.2, 0.25) is 5.91 Å². The van der Waals surface area contributed by atoms with Crippen molar-refractivity contribution in [1.29, 1.82) is 0 Å². The van der Waals surface area contributed by atoms with Crippen LogP contribution in [0.3, 0.4) is 0 Å². The van der Waals surface area contributed by atoms with Crippen molar-refractivity contribution in [3.63, 3.8) is 0 Å². The molecule has 3 rings (SSSR count). The van der Waals surface area contributed by atoms with Gasteiger partial charge < -0.3 is 30.5 Å². The molecule has 8 nitrogen and oxygen atoms in total. The van der Waals surface area contributed by atoms with E-state index in [1.54, 1.807) is 4.90 Å². The van der Waals surface area contributed by atoms with Crippen LogP contribution in [0.1, 0.15) is 19.3 Å². The fraction of sp³-hybridized carbons (Fsp3) is 0.556. The lowest BCUT2D eigenvalue weighted by molar-refractivity contribution is -0.134. The molecule has 0 aliphatic carbocycles. The Labute approximate surface area is 156 Å². The lowest BCUT2D eigenvalue weighted by Gasteiger charge is -2.19. The van der Waals surface area contributed by atoms with Crippen LogP contribution in [0.4, 0.5) is 14.9 Å². The molecule has 2 aliphatic heterocycles. The van der Waals surface area contributed by atoms with E-state index >= 15 is 0 Å². The third-order valence-electron chi connectivity index (χ3n) is 4.84. The molecule has 2 heterocycles. The molecule has 0 aromatic heterocycles. The van der Waals surface area contributed by atoms with Crippen LogP contribution in [0.5, 0.6) is 0 Å². The summed E-state index contributed by atoms with van der Waals surface area (Å²) in [7, 11) is 0. The summed E-state index contributed by atoms with van der Waals surface area (Å²) in [4.78, 5) is 25.8. The number of benzene rings is 1. The third kappa shape index (κ3) is 4.94. The SMILES string of the molecule is O=C(NC[C@@H]1O[C@@H](CC(=O)N2CCCC2)[C@H](O)[C@@H]1O)Nc1cccc(F)c1. The number of carbonyl (C=O) groups is 2. The van der Waals surface area contributed by atoms with E-state index in [1.807, 2.05) is 0 Å². The van der Waals surface area contributed by atoms with Crippen LogP contribution in [0.25, 0.3) is 0 Å². The summed E-state index contributed by atoms with van der Waals surface area (Å²) >= 11 is 0. The van der Waals surface area contributed by atoms with E-state index in [0.717, 1.165) is 12.8 Å². The van der Waals surface area contributed by atoms with Gasteiger partial charge in [0.15, 0.2) is 0 Å². The lowest BCUT2D eigenvalue weighted by atomic mass is 10.1. The maximum Gasteiger partial charge on any atom is 0.319 e. The summed E-state index contributed by atoms with van der Waals surface area (Å²) in [5.41, 5.74) is 0.287. The first-order valence-corrected chi connectivity index (χ1v) is 9.04. The van der Waals surface area contributed by atoms with Gasteiger partial charge in [0, 0.05) is 25.3 Å². The minimum atomic E-state index is -1.21. The van der Waals surface area contributed by atoms with E-state index in [-0.39, 0.29) is 24.6 Å². The number of ether oxygens (including phenoxy) is 1. The molecule has 0 unspecified atom stereocenters. The molecule has 4 N–H and O–H groups in total. The van der Waals surface area contributed by atoms with Gasteiger partial charge in [-0.15, -0.1) is 0 Å². The van der Waals surface area contributed by atoms with Crippen molar-refractivity contribution in [1.82, 2.24) is 10.2 Å². The molecular weight excluding hydrogens is 357 g/mol. The molecule has 2 saturated heterocycles. The van der Waals surface area contributed by atoms with Crippen LogP contribution in [-0.4, -0.2) is 71.1 Å². The van der Waals surface area contributed by atoms with Crippen molar-refractivity contribution in [3.8, 4) is 0 Å². The molecule has 0 saturated carbocycles. The van der Waals surface area contributed by atoms with Crippen LogP contribution in [-0.2, 0) is 9.53 Å². The first-order chi connectivity index (χ1) is 12.9. The van der Waals surface area contributed by atoms with Gasteiger partial charge in [-0.05, 0) is 31.0 Å². The Morgan fingerprint density at radius 2 is 1.89 bits per heavy atom. The van der Waals surface area contributed by atoms with E-state index in [9.17, 15) is 24.2 Å². The number of amides is 3. The number of hydrogen-bond acceptors (Lipinski definition) is 5. The minimum Gasteiger partial charge on any atom is -0.388 e. The lowest BCUT2D eigenvalue weighted by Crippen LogP contribution is -2.41. The molecule has 148 valence electrons. The molecule has 2 fully saturated rings. The van der Waals surface area contributed by atoms with Crippen molar-refractivity contribution < 1.29 is 28.9 Å². The minimum absolute atomic E-state index is 0.00971. The summed E-state index contributed by atoms with van der Waals surface area (Å²) in [5, 5.41) is 25.2. The van der Waals surface area contributed by atoms with E-state index in [2.05, 4.69) is 10.6 Å². The second-order valence-corrected chi connectivity index (χ2v) is 6.83. The largest absolute Gasteiger partial charge is 0.388 e. The summed E-state index contributed by atoms with van der Waals surface area (Å²) < 4.78 is 18.7. The van der Waals surface area contributed by atoms with Gasteiger partial charge in [-0.2, -0.15) is 0 Å². The van der Waals surface area contributed by atoms with E-state index in [4.69, 9.17) is 4.74 Å². The number of anilines is 1. The van der Waals surface area contributed by atoms with Gasteiger partial charge in [0.25, 0.3) is 0 Å². The summed E-state index contributed by atoms with van der Waals surface area (Å²) in [6.07, 6.45) is -2.14. The van der Waals surface area contributed by atoms with Crippen LogP contribution >= 0.6 is 0 Å². The van der Waals surface area contributed by atoms with Crippen LogP contribution in [0, 0.1) is 5.82 Å². The average molecular weight is 381 g/mol. The summed E-state index contributed by atoms with van der Waals surface area (Å²) in [5.74, 6) is -0.586. The average Bonchev–Trinajstić information content (AvgIpc) is 3.25. The Bertz CT molecular complexity index is 683. The van der Waals surface area contributed by atoms with Crippen LogP contribution in [0.2, 0.25) is 0 Å². The fourth-order valence-corrected chi connectivity index (χ4v) is 3.37. The number of carbonyl (C=O) groups excluding carboxylic acids is 2. The first kappa shape index (κ1) is 19.5. The van der Waals surface area contributed by atoms with Gasteiger partial charge in [0.1, 0.15) is 24.1 Å². The Morgan fingerprint density at radius 1 is 1.19 bits per heavy atom. The predicted molar refractivity (Wildman–Crippen MR) is 94.5 cm³/mol. The number of aliphatic hydroxyl groups is 2. The number of halogens is 1. The predicted octanol–water partition coefficient (Wildman–Crippen LogP) is 0.449. The van der Waals surface area contributed by atoms with Gasteiger partial charge in [-0.1, -0.05) is 6.07 Å². The molecule has 27 heavy (non-hydrogen) atoms. The van der Waals surface area contributed by atoms with Gasteiger partial charge in [-0.3, -0.25) is 4.79 Å². The van der Waals surface area contributed by atoms with Crippen molar-refractivity contribution in [2.24, 2.45) is 0 Å². The quantitative estimate of drug-likeness (QED) is 0.592. The van der Waals surface area contributed by atoms with Gasteiger partial charge in [-0.25, -0.2) is 9.18 Å². The Morgan fingerprint density at radius 3 is 2.59 bits per heavy atom. The Balaban J connectivity index is 1.47. The smallest absolute Gasteiger partial charge is 0.319 e. The van der Waals surface area contributed by atoms with Crippen molar-refractivity contribution >= 4 is 17.6 Å². The highest BCUT2D eigenvalue weighted by molar-refractivity contribution is 5.89. The molecule has 1 aromatic carbocycles. The van der Waals surface area contributed by atoms with Crippen LogP contribution in [0.15, 0.2) is 24.3 Å². The zero-order valence-corrected chi connectivity index (χ0v) is 14.8. The molecule has 0 bridgehead atoms. The third-order valence-corrected chi connectivity index (χ3v) is 4.84. The fourth-order valence-electron chi connectivity index (χ4n) is 3.37. The normalized spacial score (nSPS) is 27.6. The molecule has 9 heteroatoms. The van der Waals surface area contributed by atoms with Crippen LogP contribution < -0.4 is 10.6 Å². The second-order valence-electron chi connectivity index (χ2n) is 6.83. The standard InChI is InChI=1S/C18H24FN3O5/c19-11-4-3-5-12(8-11)21-18(26)20-10-14-17(25)16(24)13(27-14)9-15(23)22-6-1-2-7-22/h3-5,8,13-14,16-17,24-25H,1-2,6-7,9-10H2,(H2,20,21,26)/t13-,14-,16-,17+/m0/s1. The highest BCUT2D eigenvalue weighted by Gasteiger charge is 2.43. The molecule has 4 atom stereocenters.